The maximum atomic E-state index is 13.8. The third-order valence-electron chi connectivity index (χ3n) is 13.4. The van der Waals surface area contributed by atoms with Crippen LogP contribution in [0.25, 0.3) is 33.6 Å². The van der Waals surface area contributed by atoms with E-state index in [0.29, 0.717) is 31.3 Å². The van der Waals surface area contributed by atoms with E-state index in [1.807, 2.05) is 17.3 Å². The minimum absolute atomic E-state index is 0.00684. The molecule has 2 saturated carbocycles. The fourth-order valence-electron chi connectivity index (χ4n) is 10.3. The van der Waals surface area contributed by atoms with Crippen molar-refractivity contribution in [1.29, 1.82) is 0 Å². The van der Waals surface area contributed by atoms with Crippen LogP contribution in [0.4, 0.5) is 4.79 Å². The molecule has 4 fully saturated rings. The van der Waals surface area contributed by atoms with Gasteiger partial charge in [-0.15, -0.1) is 0 Å². The summed E-state index contributed by atoms with van der Waals surface area (Å²) in [5, 5.41) is 11.9. The van der Waals surface area contributed by atoms with Crippen LogP contribution in [0.3, 0.4) is 0 Å². The van der Waals surface area contributed by atoms with Gasteiger partial charge in [-0.25, -0.2) is 14.8 Å². The number of aromatic amines is 2. The lowest BCUT2D eigenvalue weighted by atomic mass is 9.83. The number of hydrogen-bond donors (Lipinski definition) is 4. The molecule has 4 aliphatic rings. The predicted molar refractivity (Wildman–Crippen MR) is 220 cm³/mol. The zero-order chi connectivity index (χ0) is 39.5. The van der Waals surface area contributed by atoms with Crippen LogP contribution in [-0.4, -0.2) is 95.9 Å². The molecule has 12 heteroatoms. The molecule has 4 N–H and O–H groups in total. The van der Waals surface area contributed by atoms with E-state index in [1.165, 1.54) is 0 Å². The molecule has 2 saturated heterocycles. The molecule has 8 rings (SSSR count). The standard InChI is InChI=1S/C45H58N8O4/c1-3-51(4-2)34-23-21-33(22-24-34)43(54)52-25-7-11-39(52)41-46-27-37(48-41)31-17-13-29(14-18-31)30-15-19-32(20-16-30)38-28-47-42(49-38)40-12-8-26-53(40)44(55)35-9-5-6-10-36(35)50-45(56)57/h13-20,27-28,33-36,39-40,50H,3-12,21-26H2,1-2H3,(H,46,48)(H,47,49)(H,56,57)/t33?,34?,35-,36+,39-,40-/m0/s1. The summed E-state index contributed by atoms with van der Waals surface area (Å²) < 4.78 is 0. The number of aromatic nitrogens is 4. The number of likely N-dealkylation sites (tertiary alicyclic amines) is 2. The zero-order valence-corrected chi connectivity index (χ0v) is 33.5. The highest BCUT2D eigenvalue weighted by molar-refractivity contribution is 5.81. The Kier molecular flexibility index (Phi) is 11.8. The van der Waals surface area contributed by atoms with Crippen LogP contribution in [0.5, 0.6) is 0 Å². The first kappa shape index (κ1) is 38.9. The second kappa shape index (κ2) is 17.3. The van der Waals surface area contributed by atoms with Crippen LogP contribution < -0.4 is 5.32 Å². The monoisotopic (exact) mass is 774 g/mol. The van der Waals surface area contributed by atoms with Crippen LogP contribution in [0.1, 0.15) is 115 Å². The second-order valence-corrected chi connectivity index (χ2v) is 16.6. The molecule has 57 heavy (non-hydrogen) atoms. The van der Waals surface area contributed by atoms with Crippen molar-refractivity contribution < 1.29 is 19.5 Å². The van der Waals surface area contributed by atoms with E-state index in [-0.39, 0.29) is 35.9 Å². The van der Waals surface area contributed by atoms with Crippen LogP contribution >= 0.6 is 0 Å². The van der Waals surface area contributed by atoms with Gasteiger partial charge in [0.1, 0.15) is 11.6 Å². The molecule has 2 aromatic heterocycles. The quantitative estimate of drug-likeness (QED) is 0.120. The van der Waals surface area contributed by atoms with Crippen LogP contribution in [0.15, 0.2) is 60.9 Å². The summed E-state index contributed by atoms with van der Waals surface area (Å²) in [4.78, 5) is 62.1. The molecular formula is C45H58N8O4. The number of imidazole rings is 2. The van der Waals surface area contributed by atoms with Crippen LogP contribution in [0.2, 0.25) is 0 Å². The number of benzene rings is 2. The summed E-state index contributed by atoms with van der Waals surface area (Å²) in [7, 11) is 0. The number of nitrogens with one attached hydrogen (secondary N) is 3. The minimum atomic E-state index is -1.07. The van der Waals surface area contributed by atoms with Gasteiger partial charge < -0.3 is 35.1 Å². The summed E-state index contributed by atoms with van der Waals surface area (Å²) >= 11 is 0. The number of carbonyl (C=O) groups excluding carboxylic acids is 2. The van der Waals surface area contributed by atoms with E-state index < -0.39 is 6.09 Å². The highest BCUT2D eigenvalue weighted by Crippen LogP contribution is 2.38. The molecule has 0 spiro atoms. The minimum Gasteiger partial charge on any atom is -0.465 e. The number of nitrogens with zero attached hydrogens (tertiary/aromatic N) is 5. The van der Waals surface area contributed by atoms with Gasteiger partial charge in [-0.2, -0.15) is 0 Å². The highest BCUT2D eigenvalue weighted by Gasteiger charge is 2.40. The topological polar surface area (TPSA) is 151 Å². The molecule has 0 radical (unpaired) electrons. The van der Waals surface area contributed by atoms with Gasteiger partial charge in [0.15, 0.2) is 0 Å². The first-order valence-corrected chi connectivity index (χ1v) is 21.5. The molecule has 0 unspecified atom stereocenters. The fraction of sp³-hybridized carbons (Fsp3) is 0.533. The molecule has 3 amide bonds. The first-order chi connectivity index (χ1) is 27.8. The molecule has 4 atom stereocenters. The van der Waals surface area contributed by atoms with Crippen molar-refractivity contribution in [3.63, 3.8) is 0 Å². The second-order valence-electron chi connectivity index (χ2n) is 16.6. The Hall–Kier alpha value is -4.97. The van der Waals surface area contributed by atoms with Gasteiger partial charge in [-0.05, 0) is 99.6 Å². The smallest absolute Gasteiger partial charge is 0.404 e. The maximum Gasteiger partial charge on any atom is 0.404 e. The lowest BCUT2D eigenvalue weighted by Crippen LogP contribution is -2.49. The van der Waals surface area contributed by atoms with Crippen molar-refractivity contribution in [1.82, 2.24) is 40.0 Å². The van der Waals surface area contributed by atoms with Gasteiger partial charge in [0.05, 0.1) is 41.8 Å². The number of carbonyl (C=O) groups is 3. The molecule has 0 bridgehead atoms. The zero-order valence-electron chi connectivity index (χ0n) is 33.5. The van der Waals surface area contributed by atoms with Crippen molar-refractivity contribution in [2.75, 3.05) is 26.2 Å². The lowest BCUT2D eigenvalue weighted by Gasteiger charge is -2.37. The Morgan fingerprint density at radius 2 is 1.16 bits per heavy atom. The van der Waals surface area contributed by atoms with Crippen molar-refractivity contribution in [3.8, 4) is 33.6 Å². The molecule has 2 aliphatic heterocycles. The molecular weight excluding hydrogens is 717 g/mol. The Morgan fingerprint density at radius 1 is 0.667 bits per heavy atom. The van der Waals surface area contributed by atoms with Gasteiger partial charge in [-0.1, -0.05) is 75.2 Å². The summed E-state index contributed by atoms with van der Waals surface area (Å²) in [6.07, 6.45) is 13.8. The van der Waals surface area contributed by atoms with Crippen molar-refractivity contribution in [3.05, 3.63) is 72.6 Å². The Morgan fingerprint density at radius 3 is 1.67 bits per heavy atom. The first-order valence-electron chi connectivity index (χ1n) is 21.5. The van der Waals surface area contributed by atoms with Crippen molar-refractivity contribution in [2.45, 2.75) is 115 Å². The van der Waals surface area contributed by atoms with E-state index in [4.69, 9.17) is 9.97 Å². The maximum absolute atomic E-state index is 13.8. The van der Waals surface area contributed by atoms with Gasteiger partial charge >= 0.3 is 6.09 Å². The van der Waals surface area contributed by atoms with E-state index in [9.17, 15) is 19.5 Å². The normalized spacial score (nSPS) is 25.2. The largest absolute Gasteiger partial charge is 0.465 e. The lowest BCUT2D eigenvalue weighted by molar-refractivity contribution is -0.139. The fourth-order valence-corrected chi connectivity index (χ4v) is 10.3. The van der Waals surface area contributed by atoms with Crippen molar-refractivity contribution >= 4 is 17.9 Å². The van der Waals surface area contributed by atoms with Crippen LogP contribution in [0, 0.1) is 11.8 Å². The van der Waals surface area contributed by atoms with Crippen molar-refractivity contribution in [2.24, 2.45) is 11.8 Å². The Balaban J connectivity index is 0.885. The number of rotatable bonds is 11. The highest BCUT2D eigenvalue weighted by atomic mass is 16.4. The van der Waals surface area contributed by atoms with Gasteiger partial charge in [0.2, 0.25) is 11.8 Å². The van der Waals surface area contributed by atoms with E-state index in [2.05, 4.69) is 87.5 Å². The third kappa shape index (κ3) is 8.24. The molecule has 4 aromatic rings. The van der Waals surface area contributed by atoms with Gasteiger partial charge in [-0.3, -0.25) is 9.59 Å². The average Bonchev–Trinajstić information content (AvgIpc) is 4.09. The SMILES string of the molecule is CCN(CC)C1CCC(C(=O)N2CCC[C@H]2c2ncc(-c3ccc(-c4ccc(-c5cnc([C@@H]6CCCN6C(=O)[C@H]6CCCC[C@H]6NC(=O)O)[nH]5)cc4)cc3)[nH]2)CC1. The molecule has 4 heterocycles. The number of H-pyrrole nitrogens is 2. The van der Waals surface area contributed by atoms with Gasteiger partial charge in [0, 0.05) is 31.1 Å². The van der Waals surface area contributed by atoms with E-state index in [1.54, 1.807) is 0 Å². The Labute approximate surface area is 335 Å². The molecule has 2 aliphatic carbocycles. The van der Waals surface area contributed by atoms with Gasteiger partial charge in [0.25, 0.3) is 0 Å². The summed E-state index contributed by atoms with van der Waals surface area (Å²) in [6.45, 7) is 8.08. The molecule has 302 valence electrons. The van der Waals surface area contributed by atoms with E-state index >= 15 is 0 Å². The van der Waals surface area contributed by atoms with E-state index in [0.717, 1.165) is 129 Å². The predicted octanol–water partition coefficient (Wildman–Crippen LogP) is 8.19. The summed E-state index contributed by atoms with van der Waals surface area (Å²) in [5.41, 5.74) is 6.14. The molecule has 2 aromatic carbocycles. The number of amides is 3. The summed E-state index contributed by atoms with van der Waals surface area (Å²) in [5.74, 6) is 1.79. The Bertz CT molecular complexity index is 2000. The third-order valence-corrected chi connectivity index (χ3v) is 13.4. The number of carboxylic acid groups (broad SMARTS) is 1. The number of hydrogen-bond acceptors (Lipinski definition) is 6. The molecule has 12 nitrogen and oxygen atoms in total. The summed E-state index contributed by atoms with van der Waals surface area (Å²) in [6, 6.07) is 17.1. The van der Waals surface area contributed by atoms with Crippen LogP contribution in [-0.2, 0) is 9.59 Å². The average molecular weight is 775 g/mol.